The van der Waals surface area contributed by atoms with E-state index < -0.39 is 29.2 Å². The summed E-state index contributed by atoms with van der Waals surface area (Å²) in [6.07, 6.45) is -4.26. The Hall–Kier alpha value is -2.36. The zero-order valence-electron chi connectivity index (χ0n) is 14.7. The molecule has 2 aliphatic heterocycles. The van der Waals surface area contributed by atoms with Crippen molar-refractivity contribution >= 4 is 12.0 Å². The van der Waals surface area contributed by atoms with E-state index in [4.69, 9.17) is 9.47 Å². The van der Waals surface area contributed by atoms with Crippen LogP contribution in [0.3, 0.4) is 0 Å². The van der Waals surface area contributed by atoms with E-state index in [1.54, 1.807) is 4.90 Å². The molecule has 0 aromatic heterocycles. The van der Waals surface area contributed by atoms with E-state index in [0.29, 0.717) is 32.0 Å². The summed E-state index contributed by atoms with van der Waals surface area (Å²) in [5, 5.41) is 2.73. The number of nitrogens with zero attached hydrogens (tertiary/aromatic N) is 1. The molecule has 0 atom stereocenters. The molecular weight excluding hydrogens is 384 g/mol. The molecule has 1 aromatic rings. The summed E-state index contributed by atoms with van der Waals surface area (Å²) in [7, 11) is 0. The van der Waals surface area contributed by atoms with Crippen LogP contribution in [0.25, 0.3) is 0 Å². The fourth-order valence-corrected chi connectivity index (χ4v) is 3.80. The van der Waals surface area contributed by atoms with E-state index in [-0.39, 0.29) is 36.7 Å². The van der Waals surface area contributed by atoms with Gasteiger partial charge in [-0.2, -0.15) is 13.2 Å². The normalized spacial score (nSPS) is 27.2. The molecule has 3 fully saturated rings. The molecule has 1 N–H and O–H groups in total. The Kier molecular flexibility index (Phi) is 4.48. The Morgan fingerprint density at radius 3 is 2.61 bits per heavy atom. The molecular formula is C18H18F4N2O4. The molecule has 1 aromatic carbocycles. The predicted molar refractivity (Wildman–Crippen MR) is 86.5 cm³/mol. The van der Waals surface area contributed by atoms with Crippen molar-refractivity contribution in [2.45, 2.75) is 37.3 Å². The lowest BCUT2D eigenvalue weighted by atomic mass is 9.68. The standard InChI is InChI=1S/C18H18F4N2O4/c19-14-3-12(18(20,21)22)2-1-10(14)8-27-13-6-24(7-13)15(25)11-4-17(5-11)9-28-16(26)23-17/h1-3,11,13H,4-9H2,(H,23,26)/t11-,17-. The molecule has 2 heterocycles. The Bertz CT molecular complexity index is 801. The summed E-state index contributed by atoms with van der Waals surface area (Å²) >= 11 is 0. The number of likely N-dealkylation sites (tertiary alicyclic amines) is 1. The van der Waals surface area contributed by atoms with Crippen LogP contribution in [-0.2, 0) is 27.1 Å². The van der Waals surface area contributed by atoms with Crippen LogP contribution in [0.5, 0.6) is 0 Å². The topological polar surface area (TPSA) is 67.9 Å². The van der Waals surface area contributed by atoms with E-state index in [1.165, 1.54) is 0 Å². The number of alkyl carbamates (subject to hydrolysis) is 1. The van der Waals surface area contributed by atoms with Gasteiger partial charge in [0.2, 0.25) is 5.91 Å². The van der Waals surface area contributed by atoms with Crippen LogP contribution in [0.2, 0.25) is 0 Å². The van der Waals surface area contributed by atoms with Gasteiger partial charge in [0.25, 0.3) is 0 Å². The van der Waals surface area contributed by atoms with Crippen molar-refractivity contribution in [3.8, 4) is 0 Å². The van der Waals surface area contributed by atoms with Gasteiger partial charge in [-0.05, 0) is 25.0 Å². The maximum atomic E-state index is 13.8. The van der Waals surface area contributed by atoms with E-state index in [0.717, 1.165) is 12.1 Å². The van der Waals surface area contributed by atoms with Gasteiger partial charge in [0.15, 0.2) is 0 Å². The van der Waals surface area contributed by atoms with Crippen LogP contribution in [0.4, 0.5) is 22.4 Å². The second-order valence-electron chi connectivity index (χ2n) is 7.57. The number of amides is 2. The molecule has 152 valence electrons. The first-order valence-electron chi connectivity index (χ1n) is 8.86. The highest BCUT2D eigenvalue weighted by atomic mass is 19.4. The molecule has 2 amide bonds. The smallest absolute Gasteiger partial charge is 0.416 e. The second-order valence-corrected chi connectivity index (χ2v) is 7.57. The van der Waals surface area contributed by atoms with E-state index in [1.807, 2.05) is 0 Å². The number of hydrogen-bond donors (Lipinski definition) is 1. The summed E-state index contributed by atoms with van der Waals surface area (Å²) in [6.45, 7) is 0.827. The lowest BCUT2D eigenvalue weighted by Crippen LogP contribution is -2.62. The van der Waals surface area contributed by atoms with Crippen LogP contribution in [-0.4, -0.2) is 48.2 Å². The minimum Gasteiger partial charge on any atom is -0.447 e. The van der Waals surface area contributed by atoms with Gasteiger partial charge in [-0.15, -0.1) is 0 Å². The van der Waals surface area contributed by atoms with Gasteiger partial charge in [0.1, 0.15) is 12.4 Å². The highest BCUT2D eigenvalue weighted by molar-refractivity contribution is 5.82. The predicted octanol–water partition coefficient (Wildman–Crippen LogP) is 2.46. The largest absolute Gasteiger partial charge is 0.447 e. The fraction of sp³-hybridized carbons (Fsp3) is 0.556. The number of cyclic esters (lactones) is 1. The number of rotatable bonds is 4. The van der Waals surface area contributed by atoms with E-state index in [9.17, 15) is 27.2 Å². The number of alkyl halides is 3. The number of carbonyl (C=O) groups excluding carboxylic acids is 2. The van der Waals surface area contributed by atoms with Crippen LogP contribution in [0, 0.1) is 11.7 Å². The van der Waals surface area contributed by atoms with Crippen LogP contribution in [0.15, 0.2) is 18.2 Å². The molecule has 28 heavy (non-hydrogen) atoms. The first kappa shape index (κ1) is 19.0. The molecule has 0 radical (unpaired) electrons. The first-order chi connectivity index (χ1) is 13.2. The van der Waals surface area contributed by atoms with Crippen molar-refractivity contribution in [1.82, 2.24) is 10.2 Å². The van der Waals surface area contributed by atoms with Gasteiger partial charge in [0, 0.05) is 24.6 Å². The van der Waals surface area contributed by atoms with Crippen LogP contribution >= 0.6 is 0 Å². The Labute approximate surface area is 157 Å². The molecule has 1 spiro atoms. The minimum atomic E-state index is -4.59. The molecule has 0 unspecified atom stereocenters. The third kappa shape index (κ3) is 3.52. The van der Waals surface area contributed by atoms with E-state index >= 15 is 0 Å². The summed E-state index contributed by atoms with van der Waals surface area (Å²) in [5.41, 5.74) is -1.43. The average molecular weight is 402 g/mol. The molecule has 3 aliphatic rings. The molecule has 10 heteroatoms. The minimum absolute atomic E-state index is 0.0210. The average Bonchev–Trinajstić information content (AvgIpc) is 2.94. The molecule has 1 saturated carbocycles. The monoisotopic (exact) mass is 402 g/mol. The van der Waals surface area contributed by atoms with Gasteiger partial charge in [-0.1, -0.05) is 6.07 Å². The van der Waals surface area contributed by atoms with Gasteiger partial charge < -0.3 is 19.7 Å². The second kappa shape index (κ2) is 6.61. The highest BCUT2D eigenvalue weighted by Gasteiger charge is 2.54. The maximum Gasteiger partial charge on any atom is 0.416 e. The SMILES string of the molecule is O=C1N[C@]2(CO1)C[C@@H](C(=O)N1CC(OCc3ccc(C(F)(F)F)cc3F)C1)C2. The Morgan fingerprint density at radius 1 is 1.32 bits per heavy atom. The van der Waals surface area contributed by atoms with Crippen molar-refractivity contribution in [1.29, 1.82) is 0 Å². The molecule has 4 rings (SSSR count). The summed E-state index contributed by atoms with van der Waals surface area (Å²) in [5.74, 6) is -1.16. The van der Waals surface area contributed by atoms with Crippen molar-refractivity contribution in [3.05, 3.63) is 35.1 Å². The quantitative estimate of drug-likeness (QED) is 0.786. The van der Waals surface area contributed by atoms with Gasteiger partial charge in [-0.25, -0.2) is 9.18 Å². The zero-order chi connectivity index (χ0) is 20.1. The number of carbonyl (C=O) groups is 2. The first-order valence-corrected chi connectivity index (χ1v) is 8.86. The number of hydrogen-bond acceptors (Lipinski definition) is 4. The lowest BCUT2D eigenvalue weighted by Gasteiger charge is -2.47. The summed E-state index contributed by atoms with van der Waals surface area (Å²) < 4.78 is 61.8. The third-order valence-electron chi connectivity index (χ3n) is 5.48. The van der Waals surface area contributed by atoms with Crippen molar-refractivity contribution < 1.29 is 36.6 Å². The Balaban J connectivity index is 1.21. The number of halogens is 4. The fourth-order valence-electron chi connectivity index (χ4n) is 3.80. The number of ether oxygens (including phenoxy) is 2. The van der Waals surface area contributed by atoms with Gasteiger partial charge in [-0.3, -0.25) is 4.79 Å². The van der Waals surface area contributed by atoms with Crippen molar-refractivity contribution in [2.24, 2.45) is 5.92 Å². The van der Waals surface area contributed by atoms with Crippen molar-refractivity contribution in [2.75, 3.05) is 19.7 Å². The van der Waals surface area contributed by atoms with E-state index in [2.05, 4.69) is 5.32 Å². The summed E-state index contributed by atoms with van der Waals surface area (Å²) in [6, 6.07) is 2.33. The maximum absolute atomic E-state index is 13.8. The summed E-state index contributed by atoms with van der Waals surface area (Å²) in [4.78, 5) is 25.1. The molecule has 2 saturated heterocycles. The van der Waals surface area contributed by atoms with Gasteiger partial charge >= 0.3 is 12.3 Å². The molecule has 0 bridgehead atoms. The highest BCUT2D eigenvalue weighted by Crippen LogP contribution is 2.42. The Morgan fingerprint density at radius 2 is 2.04 bits per heavy atom. The van der Waals surface area contributed by atoms with Crippen LogP contribution in [0.1, 0.15) is 24.0 Å². The van der Waals surface area contributed by atoms with Crippen LogP contribution < -0.4 is 5.32 Å². The van der Waals surface area contributed by atoms with Gasteiger partial charge in [0.05, 0.1) is 23.8 Å². The number of nitrogens with one attached hydrogen (secondary N) is 1. The molecule has 6 nitrogen and oxygen atoms in total. The third-order valence-corrected chi connectivity index (χ3v) is 5.48. The van der Waals surface area contributed by atoms with Crippen molar-refractivity contribution in [3.63, 3.8) is 0 Å². The zero-order valence-corrected chi connectivity index (χ0v) is 14.7. The molecule has 1 aliphatic carbocycles. The number of benzene rings is 1. The lowest BCUT2D eigenvalue weighted by molar-refractivity contribution is -0.155.